The molecule has 7 nitrogen and oxygen atoms in total. The first-order chi connectivity index (χ1) is 11.3. The highest BCUT2D eigenvalue weighted by Gasteiger charge is 2.27. The monoisotopic (exact) mass is 338 g/mol. The number of aliphatic carboxylic acids is 1. The third kappa shape index (κ3) is 3.92. The van der Waals surface area contributed by atoms with E-state index in [0.29, 0.717) is 11.4 Å². The van der Waals surface area contributed by atoms with Crippen LogP contribution < -0.4 is 5.32 Å². The van der Waals surface area contributed by atoms with Crippen LogP contribution in [0.15, 0.2) is 24.3 Å². The predicted octanol–water partition coefficient (Wildman–Crippen LogP) is 1.72. The molecule has 24 heavy (non-hydrogen) atoms. The van der Waals surface area contributed by atoms with Crippen LogP contribution in [0.3, 0.4) is 0 Å². The van der Waals surface area contributed by atoms with Crippen LogP contribution in [0.4, 0.5) is 8.78 Å². The molecule has 128 valence electrons. The van der Waals surface area contributed by atoms with Crippen molar-refractivity contribution in [1.29, 1.82) is 0 Å². The molecule has 0 aliphatic heterocycles. The quantitative estimate of drug-likeness (QED) is 0.836. The van der Waals surface area contributed by atoms with E-state index in [1.54, 1.807) is 13.0 Å². The number of alkyl halides is 2. The lowest BCUT2D eigenvalue weighted by molar-refractivity contribution is -0.140. The second-order valence-electron chi connectivity index (χ2n) is 5.27. The summed E-state index contributed by atoms with van der Waals surface area (Å²) in [4.78, 5) is 23.1. The van der Waals surface area contributed by atoms with E-state index in [4.69, 9.17) is 5.11 Å². The number of carboxylic acid groups (broad SMARTS) is 1. The maximum Gasteiger partial charge on any atom is 0.326 e. The number of carbonyl (C=O) groups is 2. The molecule has 1 amide bonds. The standard InChI is InChI=1S/C15H16F2N4O3/c1-8-4-3-5-10(6-8)21-9(2)13(19-20-21)14(22)18-11(15(23)24)7-12(16)17/h3-6,11-12H,7H2,1-2H3,(H,18,22)(H,23,24). The number of benzene rings is 1. The van der Waals surface area contributed by atoms with Crippen molar-refractivity contribution < 1.29 is 23.5 Å². The van der Waals surface area contributed by atoms with Crippen LogP contribution in [0.1, 0.15) is 28.2 Å². The lowest BCUT2D eigenvalue weighted by Gasteiger charge is -2.13. The third-order valence-corrected chi connectivity index (χ3v) is 3.37. The van der Waals surface area contributed by atoms with E-state index in [1.807, 2.05) is 30.4 Å². The first-order valence-electron chi connectivity index (χ1n) is 7.10. The fraction of sp³-hybridized carbons (Fsp3) is 0.333. The van der Waals surface area contributed by atoms with Crippen LogP contribution in [0, 0.1) is 13.8 Å². The number of aromatic nitrogens is 3. The van der Waals surface area contributed by atoms with Gasteiger partial charge in [0.1, 0.15) is 6.04 Å². The van der Waals surface area contributed by atoms with Crippen LogP contribution >= 0.6 is 0 Å². The van der Waals surface area contributed by atoms with Gasteiger partial charge in [0.2, 0.25) is 6.43 Å². The molecule has 1 unspecified atom stereocenters. The van der Waals surface area contributed by atoms with E-state index < -0.39 is 30.8 Å². The number of nitrogens with one attached hydrogen (secondary N) is 1. The molecule has 2 rings (SSSR count). The second-order valence-corrected chi connectivity index (χ2v) is 5.27. The Morgan fingerprint density at radius 3 is 2.62 bits per heavy atom. The summed E-state index contributed by atoms with van der Waals surface area (Å²) in [5.41, 5.74) is 1.92. The fourth-order valence-electron chi connectivity index (χ4n) is 2.17. The van der Waals surface area contributed by atoms with Gasteiger partial charge in [0, 0.05) is 6.42 Å². The Morgan fingerprint density at radius 1 is 1.33 bits per heavy atom. The molecule has 1 aromatic heterocycles. The molecular formula is C15H16F2N4O3. The summed E-state index contributed by atoms with van der Waals surface area (Å²) < 4.78 is 26.2. The number of carbonyl (C=O) groups excluding carboxylic acids is 1. The Kier molecular flexibility index (Phi) is 5.22. The molecule has 9 heteroatoms. The molecule has 1 heterocycles. The molecule has 0 saturated heterocycles. The number of hydrogen-bond acceptors (Lipinski definition) is 4. The number of aryl methyl sites for hydroxylation is 1. The van der Waals surface area contributed by atoms with Crippen molar-refractivity contribution in [3.8, 4) is 5.69 Å². The molecule has 2 aromatic rings. The lowest BCUT2D eigenvalue weighted by atomic mass is 10.2. The van der Waals surface area contributed by atoms with E-state index in [-0.39, 0.29) is 5.69 Å². The van der Waals surface area contributed by atoms with E-state index in [0.717, 1.165) is 5.56 Å². The number of halogens is 2. The van der Waals surface area contributed by atoms with Gasteiger partial charge in [0.05, 0.1) is 11.4 Å². The van der Waals surface area contributed by atoms with Crippen LogP contribution in [0.5, 0.6) is 0 Å². The maximum absolute atomic E-state index is 12.4. The largest absolute Gasteiger partial charge is 0.480 e. The van der Waals surface area contributed by atoms with Crippen LogP contribution in [-0.4, -0.2) is 44.4 Å². The molecule has 0 aliphatic rings. The number of hydrogen-bond donors (Lipinski definition) is 2. The van der Waals surface area contributed by atoms with Gasteiger partial charge in [-0.2, -0.15) is 0 Å². The SMILES string of the molecule is Cc1cccc(-n2nnc(C(=O)NC(CC(F)F)C(=O)O)c2C)c1. The zero-order chi connectivity index (χ0) is 17.9. The zero-order valence-corrected chi connectivity index (χ0v) is 13.0. The Labute approximate surface area is 136 Å². The van der Waals surface area contributed by atoms with Crippen molar-refractivity contribution in [3.05, 3.63) is 41.2 Å². The van der Waals surface area contributed by atoms with Crippen LogP contribution in [0.2, 0.25) is 0 Å². The molecule has 0 saturated carbocycles. The van der Waals surface area contributed by atoms with Gasteiger partial charge in [-0.25, -0.2) is 18.3 Å². The van der Waals surface area contributed by atoms with Gasteiger partial charge in [-0.1, -0.05) is 17.3 Å². The molecule has 2 N–H and O–H groups in total. The van der Waals surface area contributed by atoms with Crippen molar-refractivity contribution in [2.75, 3.05) is 0 Å². The highest BCUT2D eigenvalue weighted by Crippen LogP contribution is 2.14. The maximum atomic E-state index is 12.4. The van der Waals surface area contributed by atoms with Gasteiger partial charge in [-0.3, -0.25) is 4.79 Å². The van der Waals surface area contributed by atoms with Crippen molar-refractivity contribution >= 4 is 11.9 Å². The van der Waals surface area contributed by atoms with Crippen molar-refractivity contribution in [1.82, 2.24) is 20.3 Å². The summed E-state index contributed by atoms with van der Waals surface area (Å²) >= 11 is 0. The zero-order valence-electron chi connectivity index (χ0n) is 13.0. The van der Waals surface area contributed by atoms with Crippen molar-refractivity contribution in [2.24, 2.45) is 0 Å². The fourth-order valence-corrected chi connectivity index (χ4v) is 2.17. The summed E-state index contributed by atoms with van der Waals surface area (Å²) in [6, 6.07) is 5.62. The van der Waals surface area contributed by atoms with E-state index in [1.165, 1.54) is 4.68 Å². The lowest BCUT2D eigenvalue weighted by Crippen LogP contribution is -2.42. The molecular weight excluding hydrogens is 322 g/mol. The minimum Gasteiger partial charge on any atom is -0.480 e. The molecule has 0 aliphatic carbocycles. The van der Waals surface area contributed by atoms with Crippen molar-refractivity contribution in [3.63, 3.8) is 0 Å². The Morgan fingerprint density at radius 2 is 2.04 bits per heavy atom. The normalized spacial score (nSPS) is 12.2. The van der Waals surface area contributed by atoms with Gasteiger partial charge < -0.3 is 10.4 Å². The average molecular weight is 338 g/mol. The van der Waals surface area contributed by atoms with Gasteiger partial charge >= 0.3 is 5.97 Å². The summed E-state index contributed by atoms with van der Waals surface area (Å²) in [6.45, 7) is 3.48. The van der Waals surface area contributed by atoms with Gasteiger partial charge in [0.25, 0.3) is 5.91 Å². The van der Waals surface area contributed by atoms with Gasteiger partial charge in [-0.15, -0.1) is 5.10 Å². The van der Waals surface area contributed by atoms with Crippen LogP contribution in [0.25, 0.3) is 5.69 Å². The third-order valence-electron chi connectivity index (χ3n) is 3.37. The molecule has 1 atom stereocenters. The first-order valence-corrected chi connectivity index (χ1v) is 7.10. The van der Waals surface area contributed by atoms with Crippen LogP contribution in [-0.2, 0) is 4.79 Å². The minimum absolute atomic E-state index is 0.114. The molecule has 0 radical (unpaired) electrons. The summed E-state index contributed by atoms with van der Waals surface area (Å²) in [5.74, 6) is -2.40. The average Bonchev–Trinajstić information content (AvgIpc) is 2.87. The summed E-state index contributed by atoms with van der Waals surface area (Å²) in [7, 11) is 0. The Hall–Kier alpha value is -2.84. The van der Waals surface area contributed by atoms with E-state index in [2.05, 4.69) is 10.3 Å². The predicted molar refractivity (Wildman–Crippen MR) is 80.3 cm³/mol. The molecule has 0 bridgehead atoms. The van der Waals surface area contributed by atoms with Gasteiger partial charge in [0.15, 0.2) is 5.69 Å². The topological polar surface area (TPSA) is 97.1 Å². The van der Waals surface area contributed by atoms with E-state index in [9.17, 15) is 18.4 Å². The number of nitrogens with zero attached hydrogens (tertiary/aromatic N) is 3. The minimum atomic E-state index is -2.85. The smallest absolute Gasteiger partial charge is 0.326 e. The molecule has 1 aromatic carbocycles. The Bertz CT molecular complexity index is 761. The molecule has 0 spiro atoms. The number of rotatable bonds is 6. The second kappa shape index (κ2) is 7.16. The first kappa shape index (κ1) is 17.5. The van der Waals surface area contributed by atoms with Crippen molar-refractivity contribution in [2.45, 2.75) is 32.7 Å². The summed E-state index contributed by atoms with van der Waals surface area (Å²) in [5, 5.41) is 18.6. The van der Waals surface area contributed by atoms with E-state index >= 15 is 0 Å². The number of amides is 1. The highest BCUT2D eigenvalue weighted by atomic mass is 19.3. The highest BCUT2D eigenvalue weighted by molar-refractivity contribution is 5.95. The number of carboxylic acids is 1. The van der Waals surface area contributed by atoms with Gasteiger partial charge in [-0.05, 0) is 31.5 Å². The molecule has 0 fully saturated rings. The summed E-state index contributed by atoms with van der Waals surface area (Å²) in [6.07, 6.45) is -3.83. The Balaban J connectivity index is 2.23.